The third kappa shape index (κ3) is 5.55. The lowest BCUT2D eigenvalue weighted by molar-refractivity contribution is 0.322. The largest absolute Gasteiger partial charge is 0.490 e. The topological polar surface area (TPSA) is 58.8 Å². The van der Waals surface area contributed by atoms with E-state index < -0.39 is 0 Å². The molecule has 0 saturated heterocycles. The third-order valence-electron chi connectivity index (χ3n) is 3.34. The Morgan fingerprint density at radius 1 is 1.09 bits per heavy atom. The second kappa shape index (κ2) is 9.37. The fraction of sp³-hybridized carbons (Fsp3) is 0.316. The minimum atomic E-state index is 0.626. The molecule has 1 heterocycles. The molecule has 0 N–H and O–H groups in total. The van der Waals surface area contributed by atoms with Crippen molar-refractivity contribution < 1.29 is 4.74 Å². The monoisotopic (exact) mass is 307 g/mol. The standard InChI is InChI=1S/C19H21N3O/c1-2-3-4-5-6-7-12-23-18-14-21-19(22-15-18)17-10-8-16(13-20)9-11-17/h5-6,8-11,14-15H,2-4,7,12H2,1H3/b6-5-. The Hall–Kier alpha value is -2.67. The predicted molar refractivity (Wildman–Crippen MR) is 91.0 cm³/mol. The smallest absolute Gasteiger partial charge is 0.159 e. The van der Waals surface area contributed by atoms with E-state index in [1.54, 1.807) is 24.5 Å². The van der Waals surface area contributed by atoms with Crippen molar-refractivity contribution in [3.8, 4) is 23.2 Å². The number of nitrogens with zero attached hydrogens (tertiary/aromatic N) is 3. The maximum atomic E-state index is 8.80. The van der Waals surface area contributed by atoms with Gasteiger partial charge >= 0.3 is 0 Å². The summed E-state index contributed by atoms with van der Waals surface area (Å²) in [5, 5.41) is 8.80. The molecule has 4 heteroatoms. The van der Waals surface area contributed by atoms with Crippen LogP contribution in [0.15, 0.2) is 48.8 Å². The lowest BCUT2D eigenvalue weighted by Crippen LogP contribution is -1.98. The summed E-state index contributed by atoms with van der Waals surface area (Å²) >= 11 is 0. The van der Waals surface area contributed by atoms with E-state index in [9.17, 15) is 0 Å². The molecule has 23 heavy (non-hydrogen) atoms. The van der Waals surface area contributed by atoms with Crippen LogP contribution in [0.5, 0.6) is 5.75 Å². The molecule has 0 spiro atoms. The molecule has 0 aliphatic carbocycles. The Balaban J connectivity index is 1.82. The maximum absolute atomic E-state index is 8.80. The van der Waals surface area contributed by atoms with Gasteiger partial charge in [-0.15, -0.1) is 0 Å². The highest BCUT2D eigenvalue weighted by molar-refractivity contribution is 5.56. The molecule has 0 fully saturated rings. The molecule has 0 aliphatic heterocycles. The van der Waals surface area contributed by atoms with E-state index in [1.165, 1.54) is 12.8 Å². The molecule has 0 unspecified atom stereocenters. The van der Waals surface area contributed by atoms with E-state index in [-0.39, 0.29) is 0 Å². The fourth-order valence-electron chi connectivity index (χ4n) is 2.04. The Morgan fingerprint density at radius 2 is 1.78 bits per heavy atom. The molecule has 0 atom stereocenters. The molecule has 2 rings (SSSR count). The zero-order valence-electron chi connectivity index (χ0n) is 13.4. The summed E-state index contributed by atoms with van der Waals surface area (Å²) in [5.41, 5.74) is 1.51. The van der Waals surface area contributed by atoms with Gasteiger partial charge in [-0.1, -0.05) is 31.9 Å². The Bertz CT molecular complexity index is 655. The number of nitriles is 1. The predicted octanol–water partition coefficient (Wildman–Crippen LogP) is 4.53. The van der Waals surface area contributed by atoms with Gasteiger partial charge in [0.2, 0.25) is 0 Å². The number of allylic oxidation sites excluding steroid dienone is 1. The SMILES string of the molecule is CCCC/C=C\CCOc1cnc(-c2ccc(C#N)cc2)nc1. The van der Waals surface area contributed by atoms with Gasteiger partial charge in [-0.25, -0.2) is 9.97 Å². The molecular formula is C19H21N3O. The van der Waals surface area contributed by atoms with Gasteiger partial charge in [-0.05, 0) is 37.1 Å². The Labute approximate surface area is 137 Å². The van der Waals surface area contributed by atoms with Crippen LogP contribution in [0.1, 0.15) is 38.2 Å². The van der Waals surface area contributed by atoms with Crippen molar-refractivity contribution >= 4 is 0 Å². The van der Waals surface area contributed by atoms with E-state index in [0.717, 1.165) is 18.4 Å². The van der Waals surface area contributed by atoms with Gasteiger partial charge in [0.05, 0.1) is 30.6 Å². The molecular weight excluding hydrogens is 286 g/mol. The van der Waals surface area contributed by atoms with Crippen LogP contribution in [0.4, 0.5) is 0 Å². The summed E-state index contributed by atoms with van der Waals surface area (Å²) in [4.78, 5) is 8.61. The molecule has 118 valence electrons. The van der Waals surface area contributed by atoms with Crippen molar-refractivity contribution in [1.82, 2.24) is 9.97 Å². The molecule has 0 radical (unpaired) electrons. The summed E-state index contributed by atoms with van der Waals surface area (Å²) in [6, 6.07) is 9.29. The van der Waals surface area contributed by atoms with Crippen LogP contribution >= 0.6 is 0 Å². The van der Waals surface area contributed by atoms with Gasteiger partial charge < -0.3 is 4.74 Å². The molecule has 0 bridgehead atoms. The summed E-state index contributed by atoms with van der Waals surface area (Å²) in [6.45, 7) is 2.82. The highest BCUT2D eigenvalue weighted by atomic mass is 16.5. The first-order valence-corrected chi connectivity index (χ1v) is 7.94. The number of rotatable bonds is 8. The molecule has 2 aromatic rings. The normalized spacial score (nSPS) is 10.6. The molecule has 1 aromatic heterocycles. The average molecular weight is 307 g/mol. The first-order valence-electron chi connectivity index (χ1n) is 7.94. The minimum Gasteiger partial charge on any atom is -0.490 e. The third-order valence-corrected chi connectivity index (χ3v) is 3.34. The summed E-state index contributed by atoms with van der Waals surface area (Å²) in [6.07, 6.45) is 12.2. The zero-order chi connectivity index (χ0) is 16.3. The summed E-state index contributed by atoms with van der Waals surface area (Å²) in [7, 11) is 0. The summed E-state index contributed by atoms with van der Waals surface area (Å²) in [5.74, 6) is 1.30. The number of benzene rings is 1. The molecule has 0 amide bonds. The van der Waals surface area contributed by atoms with Crippen LogP contribution in [0, 0.1) is 11.3 Å². The Kier molecular flexibility index (Phi) is 6.80. The second-order valence-corrected chi connectivity index (χ2v) is 5.18. The van der Waals surface area contributed by atoms with Gasteiger partial charge in [0.15, 0.2) is 11.6 Å². The van der Waals surface area contributed by atoms with E-state index in [4.69, 9.17) is 10.00 Å². The van der Waals surface area contributed by atoms with Crippen LogP contribution < -0.4 is 4.74 Å². The van der Waals surface area contributed by atoms with E-state index >= 15 is 0 Å². The summed E-state index contributed by atoms with van der Waals surface area (Å²) < 4.78 is 5.62. The van der Waals surface area contributed by atoms with Gasteiger partial charge in [0.1, 0.15) is 0 Å². The number of aromatic nitrogens is 2. The number of hydrogen-bond donors (Lipinski definition) is 0. The van der Waals surface area contributed by atoms with Crippen molar-refractivity contribution in [2.75, 3.05) is 6.61 Å². The average Bonchev–Trinajstić information content (AvgIpc) is 2.61. The maximum Gasteiger partial charge on any atom is 0.159 e. The van der Waals surface area contributed by atoms with Crippen molar-refractivity contribution in [3.63, 3.8) is 0 Å². The quantitative estimate of drug-likeness (QED) is 0.531. The van der Waals surface area contributed by atoms with E-state index in [2.05, 4.69) is 35.1 Å². The number of hydrogen-bond acceptors (Lipinski definition) is 4. The van der Waals surface area contributed by atoms with Crippen molar-refractivity contribution in [2.24, 2.45) is 0 Å². The van der Waals surface area contributed by atoms with Gasteiger partial charge in [0.25, 0.3) is 0 Å². The molecule has 0 aliphatic rings. The first-order chi connectivity index (χ1) is 11.3. The zero-order valence-corrected chi connectivity index (χ0v) is 13.4. The number of ether oxygens (including phenoxy) is 1. The van der Waals surface area contributed by atoms with Crippen LogP contribution in [0.3, 0.4) is 0 Å². The van der Waals surface area contributed by atoms with E-state index in [1.807, 2.05) is 12.1 Å². The van der Waals surface area contributed by atoms with Crippen molar-refractivity contribution in [1.29, 1.82) is 5.26 Å². The fourth-order valence-corrected chi connectivity index (χ4v) is 2.04. The van der Waals surface area contributed by atoms with E-state index in [0.29, 0.717) is 23.7 Å². The van der Waals surface area contributed by atoms with Crippen molar-refractivity contribution in [3.05, 3.63) is 54.4 Å². The molecule has 1 aromatic carbocycles. The minimum absolute atomic E-state index is 0.626. The van der Waals surface area contributed by atoms with Crippen molar-refractivity contribution in [2.45, 2.75) is 32.6 Å². The number of unbranched alkanes of at least 4 members (excludes halogenated alkanes) is 2. The van der Waals surface area contributed by atoms with Gasteiger partial charge in [-0.3, -0.25) is 0 Å². The second-order valence-electron chi connectivity index (χ2n) is 5.18. The molecule has 4 nitrogen and oxygen atoms in total. The lowest BCUT2D eigenvalue weighted by Gasteiger charge is -2.05. The lowest BCUT2D eigenvalue weighted by atomic mass is 10.1. The highest BCUT2D eigenvalue weighted by Gasteiger charge is 2.02. The van der Waals surface area contributed by atoms with Gasteiger partial charge in [-0.2, -0.15) is 5.26 Å². The molecule has 0 saturated carbocycles. The van der Waals surface area contributed by atoms with Gasteiger partial charge in [0, 0.05) is 5.56 Å². The Morgan fingerprint density at radius 3 is 2.43 bits per heavy atom. The highest BCUT2D eigenvalue weighted by Crippen LogP contribution is 2.17. The van der Waals surface area contributed by atoms with Crippen LogP contribution in [-0.2, 0) is 0 Å². The first kappa shape index (κ1) is 16.7. The van der Waals surface area contributed by atoms with Crippen LogP contribution in [0.25, 0.3) is 11.4 Å². The van der Waals surface area contributed by atoms with Crippen LogP contribution in [-0.4, -0.2) is 16.6 Å². The van der Waals surface area contributed by atoms with Crippen LogP contribution in [0.2, 0.25) is 0 Å².